The van der Waals surface area contributed by atoms with Gasteiger partial charge in [0.2, 0.25) is 5.91 Å². The molecule has 0 saturated heterocycles. The number of nitrogens with one attached hydrogen (secondary N) is 1. The lowest BCUT2D eigenvalue weighted by molar-refractivity contribution is -0.137. The number of rotatable bonds is 7. The molecule has 0 radical (unpaired) electrons. The van der Waals surface area contributed by atoms with Crippen LogP contribution in [-0.4, -0.2) is 23.0 Å². The zero-order valence-electron chi connectivity index (χ0n) is 10.3. The number of benzene rings is 1. The smallest absolute Gasteiger partial charge is 0.305 e. The molecule has 4 N–H and O–H groups in total. The number of aliphatic carboxylic acids is 1. The fourth-order valence-electron chi connectivity index (χ4n) is 1.75. The van der Waals surface area contributed by atoms with Gasteiger partial charge < -0.3 is 16.2 Å². The van der Waals surface area contributed by atoms with Gasteiger partial charge in [0.25, 0.3) is 0 Å². The second-order valence-electron chi connectivity index (χ2n) is 4.17. The number of hydrogen-bond acceptors (Lipinski definition) is 3. The fraction of sp³-hybridized carbons (Fsp3) is 0.385. The lowest BCUT2D eigenvalue weighted by Gasteiger charge is -2.17. The van der Waals surface area contributed by atoms with Crippen LogP contribution in [0.15, 0.2) is 24.3 Å². The monoisotopic (exact) mass is 250 g/mol. The summed E-state index contributed by atoms with van der Waals surface area (Å²) in [5, 5.41) is 11.9. The van der Waals surface area contributed by atoms with Crippen LogP contribution in [0.5, 0.6) is 0 Å². The lowest BCUT2D eigenvalue weighted by Crippen LogP contribution is -2.23. The van der Waals surface area contributed by atoms with Gasteiger partial charge in [-0.3, -0.25) is 9.59 Å². The van der Waals surface area contributed by atoms with Crippen molar-refractivity contribution in [2.24, 2.45) is 5.73 Å². The molecule has 98 valence electrons. The Balaban J connectivity index is 2.68. The molecule has 1 rings (SSSR count). The Morgan fingerprint density at radius 2 is 1.94 bits per heavy atom. The maximum absolute atomic E-state index is 10.9. The van der Waals surface area contributed by atoms with Crippen molar-refractivity contribution in [3.05, 3.63) is 29.8 Å². The molecule has 1 amide bonds. The van der Waals surface area contributed by atoms with Gasteiger partial charge in [-0.25, -0.2) is 0 Å². The van der Waals surface area contributed by atoms with E-state index in [4.69, 9.17) is 10.8 Å². The van der Waals surface area contributed by atoms with Crippen molar-refractivity contribution < 1.29 is 14.7 Å². The van der Waals surface area contributed by atoms with E-state index >= 15 is 0 Å². The molecule has 1 aromatic carbocycles. The Labute approximate surface area is 106 Å². The highest BCUT2D eigenvalue weighted by molar-refractivity contribution is 5.93. The zero-order valence-corrected chi connectivity index (χ0v) is 10.3. The summed E-state index contributed by atoms with van der Waals surface area (Å²) < 4.78 is 0. The van der Waals surface area contributed by atoms with Crippen LogP contribution in [0.25, 0.3) is 0 Å². The predicted molar refractivity (Wildman–Crippen MR) is 69.5 cm³/mol. The Morgan fingerprint density at radius 1 is 1.33 bits per heavy atom. The highest BCUT2D eigenvalue weighted by Crippen LogP contribution is 2.14. The van der Waals surface area contributed by atoms with Crippen molar-refractivity contribution in [2.75, 3.05) is 5.32 Å². The number of primary amides is 1. The minimum absolute atomic E-state index is 0.0748. The highest BCUT2D eigenvalue weighted by Gasteiger charge is 2.12. The Hall–Kier alpha value is -2.04. The van der Waals surface area contributed by atoms with Crippen LogP contribution >= 0.6 is 0 Å². The maximum atomic E-state index is 10.9. The average molecular weight is 250 g/mol. The van der Waals surface area contributed by atoms with Gasteiger partial charge in [0, 0.05) is 17.3 Å². The molecule has 0 fully saturated rings. The van der Waals surface area contributed by atoms with E-state index in [1.54, 1.807) is 24.3 Å². The van der Waals surface area contributed by atoms with Gasteiger partial charge in [-0.2, -0.15) is 0 Å². The number of nitrogens with two attached hydrogens (primary N) is 1. The summed E-state index contributed by atoms with van der Waals surface area (Å²) in [7, 11) is 0. The van der Waals surface area contributed by atoms with Crippen LogP contribution < -0.4 is 11.1 Å². The number of carbonyl (C=O) groups excluding carboxylic acids is 1. The number of carboxylic acids is 1. The van der Waals surface area contributed by atoms with E-state index in [1.807, 2.05) is 6.92 Å². The number of carboxylic acid groups (broad SMARTS) is 1. The number of carbonyl (C=O) groups is 2. The first-order chi connectivity index (χ1) is 8.52. The quantitative estimate of drug-likeness (QED) is 0.688. The van der Waals surface area contributed by atoms with E-state index in [9.17, 15) is 9.59 Å². The molecule has 0 saturated carbocycles. The van der Waals surface area contributed by atoms with Crippen molar-refractivity contribution in [3.8, 4) is 0 Å². The van der Waals surface area contributed by atoms with E-state index in [-0.39, 0.29) is 12.5 Å². The number of anilines is 1. The standard InChI is InChI=1S/C13H18N2O3/c1-2-3-11(8-12(16)17)15-10-6-4-9(5-7-10)13(14)18/h4-7,11,15H,2-3,8H2,1H3,(H2,14,18)(H,16,17). The topological polar surface area (TPSA) is 92.4 Å². The summed E-state index contributed by atoms with van der Waals surface area (Å²) in [6, 6.07) is 6.59. The maximum Gasteiger partial charge on any atom is 0.305 e. The fourth-order valence-corrected chi connectivity index (χ4v) is 1.75. The third kappa shape index (κ3) is 4.45. The van der Waals surface area contributed by atoms with Gasteiger partial charge in [0.05, 0.1) is 6.42 Å². The summed E-state index contributed by atoms with van der Waals surface area (Å²) in [5.41, 5.74) is 6.37. The van der Waals surface area contributed by atoms with Crippen molar-refractivity contribution in [1.29, 1.82) is 0 Å². The van der Waals surface area contributed by atoms with Crippen molar-refractivity contribution >= 4 is 17.6 Å². The van der Waals surface area contributed by atoms with Crippen molar-refractivity contribution in [2.45, 2.75) is 32.2 Å². The van der Waals surface area contributed by atoms with Crippen LogP contribution in [-0.2, 0) is 4.79 Å². The summed E-state index contributed by atoms with van der Waals surface area (Å²) in [6.07, 6.45) is 1.76. The molecule has 18 heavy (non-hydrogen) atoms. The van der Waals surface area contributed by atoms with E-state index in [0.29, 0.717) is 5.56 Å². The molecule has 0 aliphatic heterocycles. The molecule has 5 heteroatoms. The van der Waals surface area contributed by atoms with Gasteiger partial charge in [-0.05, 0) is 30.7 Å². The third-order valence-electron chi connectivity index (χ3n) is 2.60. The second kappa shape index (κ2) is 6.64. The Bertz CT molecular complexity index is 415. The molecular formula is C13H18N2O3. The zero-order chi connectivity index (χ0) is 13.5. The van der Waals surface area contributed by atoms with Crippen molar-refractivity contribution in [3.63, 3.8) is 0 Å². The van der Waals surface area contributed by atoms with Gasteiger partial charge in [0.15, 0.2) is 0 Å². The first-order valence-corrected chi connectivity index (χ1v) is 5.91. The van der Waals surface area contributed by atoms with Crippen molar-refractivity contribution in [1.82, 2.24) is 0 Å². The van der Waals surface area contributed by atoms with Gasteiger partial charge in [0.1, 0.15) is 0 Å². The largest absolute Gasteiger partial charge is 0.481 e. The average Bonchev–Trinajstić information content (AvgIpc) is 2.29. The molecule has 0 spiro atoms. The van der Waals surface area contributed by atoms with E-state index in [1.165, 1.54) is 0 Å². The molecule has 0 bridgehead atoms. The first-order valence-electron chi connectivity index (χ1n) is 5.91. The van der Waals surface area contributed by atoms with Gasteiger partial charge >= 0.3 is 5.97 Å². The van der Waals surface area contributed by atoms with E-state index in [0.717, 1.165) is 18.5 Å². The predicted octanol–water partition coefficient (Wildman–Crippen LogP) is 1.84. The van der Waals surface area contributed by atoms with Crippen LogP contribution in [0, 0.1) is 0 Å². The molecule has 1 unspecified atom stereocenters. The molecule has 1 aromatic rings. The molecule has 1 atom stereocenters. The molecule has 0 aliphatic carbocycles. The molecular weight excluding hydrogens is 232 g/mol. The van der Waals surface area contributed by atoms with E-state index < -0.39 is 11.9 Å². The van der Waals surface area contributed by atoms with Gasteiger partial charge in [-0.1, -0.05) is 13.3 Å². The van der Waals surface area contributed by atoms with Crippen LogP contribution in [0.2, 0.25) is 0 Å². The van der Waals surface area contributed by atoms with Crippen LogP contribution in [0.1, 0.15) is 36.5 Å². The molecule has 0 aromatic heterocycles. The normalized spacial score (nSPS) is 11.8. The van der Waals surface area contributed by atoms with Crippen LogP contribution in [0.4, 0.5) is 5.69 Å². The summed E-state index contributed by atoms with van der Waals surface area (Å²) >= 11 is 0. The molecule has 5 nitrogen and oxygen atoms in total. The second-order valence-corrected chi connectivity index (χ2v) is 4.17. The number of amides is 1. The SMILES string of the molecule is CCCC(CC(=O)O)Nc1ccc(C(N)=O)cc1. The minimum Gasteiger partial charge on any atom is -0.481 e. The van der Waals surface area contributed by atoms with Gasteiger partial charge in [-0.15, -0.1) is 0 Å². The third-order valence-corrected chi connectivity index (χ3v) is 2.60. The summed E-state index contributed by atoms with van der Waals surface area (Å²) in [5.74, 6) is -1.30. The van der Waals surface area contributed by atoms with E-state index in [2.05, 4.69) is 5.32 Å². The Morgan fingerprint density at radius 3 is 2.39 bits per heavy atom. The Kier molecular flexibility index (Phi) is 5.17. The summed E-state index contributed by atoms with van der Waals surface area (Å²) in [4.78, 5) is 21.6. The molecule has 0 heterocycles. The van der Waals surface area contributed by atoms with Crippen LogP contribution in [0.3, 0.4) is 0 Å². The molecule has 0 aliphatic rings. The first kappa shape index (κ1) is 14.0. The number of hydrogen-bond donors (Lipinski definition) is 3. The highest BCUT2D eigenvalue weighted by atomic mass is 16.4. The minimum atomic E-state index is -0.824. The lowest BCUT2D eigenvalue weighted by atomic mass is 10.1. The summed E-state index contributed by atoms with van der Waals surface area (Å²) in [6.45, 7) is 2.01.